The van der Waals surface area contributed by atoms with Gasteiger partial charge in [-0.05, 0) is 51.4 Å². The first-order valence-electron chi connectivity index (χ1n) is 10.7. The van der Waals surface area contributed by atoms with Crippen LogP contribution in [0.5, 0.6) is 0 Å². The van der Waals surface area contributed by atoms with E-state index in [9.17, 15) is 9.59 Å². The number of primary amides is 1. The number of carbonyl (C=O) groups excluding carboxylic acids is 2. The summed E-state index contributed by atoms with van der Waals surface area (Å²) in [6, 6.07) is 4.43. The SMILES string of the molecule is Cc1nc(Nc2ccc(N3C[C@H]4CC[C@@H](CC3=O)N4C)cn2)nc2[nH]c(C(N)=O)c(C)c12. The van der Waals surface area contributed by atoms with Crippen molar-refractivity contribution in [3.63, 3.8) is 0 Å². The third-order valence-corrected chi connectivity index (χ3v) is 6.72. The number of rotatable bonds is 4. The number of fused-ring (bicyclic) bond motifs is 3. The molecule has 0 radical (unpaired) electrons. The Kier molecular flexibility index (Phi) is 4.81. The van der Waals surface area contributed by atoms with Crippen LogP contribution in [-0.2, 0) is 4.79 Å². The summed E-state index contributed by atoms with van der Waals surface area (Å²) in [6.45, 7) is 4.36. The number of aryl methyl sites for hydroxylation is 2. The van der Waals surface area contributed by atoms with Crippen LogP contribution in [0.4, 0.5) is 17.5 Å². The number of aromatic nitrogens is 4. The molecule has 0 aromatic carbocycles. The van der Waals surface area contributed by atoms with Crippen molar-refractivity contribution in [2.75, 3.05) is 23.8 Å². The summed E-state index contributed by atoms with van der Waals surface area (Å²) >= 11 is 0. The van der Waals surface area contributed by atoms with Crippen LogP contribution in [0.15, 0.2) is 18.3 Å². The molecule has 0 saturated carbocycles. The van der Waals surface area contributed by atoms with Crippen LogP contribution in [0.2, 0.25) is 0 Å². The molecule has 2 aliphatic rings. The Morgan fingerprint density at radius 1 is 1.22 bits per heavy atom. The van der Waals surface area contributed by atoms with Gasteiger partial charge in [0.05, 0.1) is 17.6 Å². The normalized spacial score (nSPS) is 21.2. The number of H-pyrrole nitrogens is 1. The second-order valence-electron chi connectivity index (χ2n) is 8.63. The van der Waals surface area contributed by atoms with Crippen LogP contribution in [0.25, 0.3) is 11.0 Å². The van der Waals surface area contributed by atoms with Gasteiger partial charge in [0.1, 0.15) is 17.2 Å². The van der Waals surface area contributed by atoms with Crippen molar-refractivity contribution in [3.05, 3.63) is 35.3 Å². The first-order valence-corrected chi connectivity index (χ1v) is 10.7. The quantitative estimate of drug-likeness (QED) is 0.572. The van der Waals surface area contributed by atoms with Crippen LogP contribution in [0.1, 0.15) is 41.0 Å². The Morgan fingerprint density at radius 2 is 2.00 bits per heavy atom. The molecule has 2 saturated heterocycles. The predicted octanol–water partition coefficient (Wildman–Crippen LogP) is 2.01. The van der Waals surface area contributed by atoms with E-state index in [2.05, 4.69) is 37.2 Å². The predicted molar refractivity (Wildman–Crippen MR) is 121 cm³/mol. The van der Waals surface area contributed by atoms with Gasteiger partial charge in [0.25, 0.3) is 5.91 Å². The number of likely N-dealkylation sites (N-methyl/N-ethyl adjacent to an activating group) is 1. The van der Waals surface area contributed by atoms with E-state index in [0.29, 0.717) is 48.2 Å². The molecule has 2 aliphatic heterocycles. The van der Waals surface area contributed by atoms with Crippen molar-refractivity contribution >= 4 is 40.3 Å². The van der Waals surface area contributed by atoms with Crippen molar-refractivity contribution in [1.29, 1.82) is 0 Å². The van der Waals surface area contributed by atoms with Gasteiger partial charge < -0.3 is 20.9 Å². The van der Waals surface area contributed by atoms with Crippen molar-refractivity contribution in [2.45, 2.75) is 45.2 Å². The highest BCUT2D eigenvalue weighted by atomic mass is 16.2. The van der Waals surface area contributed by atoms with Crippen molar-refractivity contribution in [3.8, 4) is 0 Å². The smallest absolute Gasteiger partial charge is 0.265 e. The Bertz CT molecular complexity index is 1220. The zero-order chi connectivity index (χ0) is 22.6. The number of pyridine rings is 1. The van der Waals surface area contributed by atoms with Gasteiger partial charge in [0.15, 0.2) is 0 Å². The van der Waals surface area contributed by atoms with Gasteiger partial charge in [0.2, 0.25) is 11.9 Å². The van der Waals surface area contributed by atoms with Crippen LogP contribution in [0, 0.1) is 13.8 Å². The third-order valence-electron chi connectivity index (χ3n) is 6.72. The highest BCUT2D eigenvalue weighted by Gasteiger charge is 2.38. The number of carbonyl (C=O) groups is 2. The Morgan fingerprint density at radius 3 is 2.72 bits per heavy atom. The number of hydrogen-bond acceptors (Lipinski definition) is 7. The van der Waals surface area contributed by atoms with Crippen molar-refractivity contribution in [1.82, 2.24) is 24.8 Å². The van der Waals surface area contributed by atoms with E-state index in [1.54, 1.807) is 6.20 Å². The lowest BCUT2D eigenvalue weighted by atomic mass is 10.1. The number of amides is 2. The standard InChI is InChI=1S/C22H26N8O2/c1-11-18-12(2)25-22(28-21(18)27-19(11)20(23)32)26-16-7-6-14(9-24-16)30-10-15-5-4-13(29(15)3)8-17(30)31/h6-7,9,13,15H,4-5,8,10H2,1-3H3,(H2,23,32)(H2,24,25,26,27,28)/t13-,15+/m0/s1. The maximum absolute atomic E-state index is 12.8. The van der Waals surface area contributed by atoms with Gasteiger partial charge in [-0.25, -0.2) is 9.97 Å². The molecule has 2 fully saturated rings. The largest absolute Gasteiger partial charge is 0.364 e. The molecular formula is C22H26N8O2. The topological polar surface area (TPSA) is 133 Å². The lowest BCUT2D eigenvalue weighted by Crippen LogP contribution is -2.38. The van der Waals surface area contributed by atoms with E-state index >= 15 is 0 Å². The van der Waals surface area contributed by atoms with Gasteiger partial charge in [-0.3, -0.25) is 14.5 Å². The number of aromatic amines is 1. The number of nitrogens with one attached hydrogen (secondary N) is 2. The van der Waals surface area contributed by atoms with E-state index in [0.717, 1.165) is 35.2 Å². The monoisotopic (exact) mass is 434 g/mol. The molecule has 10 nitrogen and oxygen atoms in total. The molecule has 2 amide bonds. The third kappa shape index (κ3) is 3.36. The van der Waals surface area contributed by atoms with Gasteiger partial charge in [0, 0.05) is 30.4 Å². The fourth-order valence-corrected chi connectivity index (χ4v) is 4.92. The highest BCUT2D eigenvalue weighted by Crippen LogP contribution is 2.31. The molecule has 10 heteroatoms. The molecule has 0 aliphatic carbocycles. The molecule has 0 unspecified atom stereocenters. The van der Waals surface area contributed by atoms with Crippen LogP contribution in [-0.4, -0.2) is 62.3 Å². The second-order valence-corrected chi connectivity index (χ2v) is 8.63. The van der Waals surface area contributed by atoms with E-state index in [1.807, 2.05) is 30.9 Å². The van der Waals surface area contributed by atoms with E-state index in [4.69, 9.17) is 5.73 Å². The minimum Gasteiger partial charge on any atom is -0.364 e. The first kappa shape index (κ1) is 20.4. The number of nitrogens with two attached hydrogens (primary N) is 1. The molecule has 3 aromatic heterocycles. The molecule has 0 spiro atoms. The minimum absolute atomic E-state index is 0.142. The maximum Gasteiger partial charge on any atom is 0.265 e. The molecule has 2 atom stereocenters. The fraction of sp³-hybridized carbons (Fsp3) is 0.409. The summed E-state index contributed by atoms with van der Waals surface area (Å²) in [4.78, 5) is 45.0. The molecule has 166 valence electrons. The van der Waals surface area contributed by atoms with Crippen LogP contribution >= 0.6 is 0 Å². The molecule has 5 heterocycles. The highest BCUT2D eigenvalue weighted by molar-refractivity contribution is 6.00. The molecule has 4 N–H and O–H groups in total. The average Bonchev–Trinajstić information content (AvgIpc) is 3.22. The summed E-state index contributed by atoms with van der Waals surface area (Å²) < 4.78 is 0. The summed E-state index contributed by atoms with van der Waals surface area (Å²) in [5, 5.41) is 3.89. The maximum atomic E-state index is 12.8. The Balaban J connectivity index is 1.37. The second kappa shape index (κ2) is 7.56. The van der Waals surface area contributed by atoms with E-state index < -0.39 is 5.91 Å². The molecule has 2 bridgehead atoms. The number of anilines is 3. The first-order chi connectivity index (χ1) is 15.3. The summed E-state index contributed by atoms with van der Waals surface area (Å²) in [6.07, 6.45) is 4.46. The van der Waals surface area contributed by atoms with Crippen molar-refractivity contribution < 1.29 is 9.59 Å². The van der Waals surface area contributed by atoms with E-state index in [-0.39, 0.29) is 5.91 Å². The van der Waals surface area contributed by atoms with Gasteiger partial charge >= 0.3 is 0 Å². The van der Waals surface area contributed by atoms with Gasteiger partial charge in [-0.15, -0.1) is 0 Å². The zero-order valence-corrected chi connectivity index (χ0v) is 18.3. The zero-order valence-electron chi connectivity index (χ0n) is 18.3. The lowest BCUT2D eigenvalue weighted by molar-refractivity contribution is -0.119. The van der Waals surface area contributed by atoms with Crippen LogP contribution < -0.4 is 16.0 Å². The van der Waals surface area contributed by atoms with Crippen molar-refractivity contribution in [2.24, 2.45) is 5.73 Å². The Labute approximate surface area is 185 Å². The van der Waals surface area contributed by atoms with E-state index in [1.165, 1.54) is 0 Å². The summed E-state index contributed by atoms with van der Waals surface area (Å²) in [7, 11) is 2.11. The molecular weight excluding hydrogens is 408 g/mol. The molecule has 32 heavy (non-hydrogen) atoms. The molecule has 3 aromatic rings. The summed E-state index contributed by atoms with van der Waals surface area (Å²) in [5.41, 5.74) is 8.56. The van der Waals surface area contributed by atoms with Crippen LogP contribution in [0.3, 0.4) is 0 Å². The van der Waals surface area contributed by atoms with Gasteiger partial charge in [-0.1, -0.05) is 0 Å². The van der Waals surface area contributed by atoms with Gasteiger partial charge in [-0.2, -0.15) is 4.98 Å². The summed E-state index contributed by atoms with van der Waals surface area (Å²) in [5.74, 6) is 0.529. The lowest BCUT2D eigenvalue weighted by Gasteiger charge is -2.25. The number of hydrogen-bond donors (Lipinski definition) is 3. The minimum atomic E-state index is -0.533. The fourth-order valence-electron chi connectivity index (χ4n) is 4.92. The molecule has 5 rings (SSSR count). The number of nitrogens with zero attached hydrogens (tertiary/aromatic N) is 5. The Hall–Kier alpha value is -3.53. The average molecular weight is 435 g/mol.